The Kier molecular flexibility index (Phi) is 7.26. The second-order valence-electron chi connectivity index (χ2n) is 7.04. The lowest BCUT2D eigenvalue weighted by molar-refractivity contribution is -0.453. The number of rotatable bonds is 8. The van der Waals surface area contributed by atoms with E-state index in [9.17, 15) is 71.0 Å². The van der Waals surface area contributed by atoms with Crippen molar-refractivity contribution in [2.45, 2.75) is 60.7 Å². The first-order valence-corrected chi connectivity index (χ1v) is 8.82. The molecule has 0 aliphatic rings. The van der Waals surface area contributed by atoms with Crippen LogP contribution in [0.1, 0.15) is 18.9 Å². The van der Waals surface area contributed by atoms with E-state index in [-0.39, 0.29) is 4.47 Å². The molecule has 0 radical (unpaired) electrons. The quantitative estimate of drug-likeness (QED) is 0.316. The zero-order valence-corrected chi connectivity index (χ0v) is 17.1. The van der Waals surface area contributed by atoms with Gasteiger partial charge in [-0.25, -0.2) is 0 Å². The van der Waals surface area contributed by atoms with Crippen LogP contribution in [0.15, 0.2) is 28.7 Å². The smallest absolute Gasteiger partial charge is 0.385 e. The average molecular weight is 583 g/mol. The van der Waals surface area contributed by atoms with Gasteiger partial charge in [-0.1, -0.05) is 28.1 Å². The molecular formula is C16H10BrF15O. The van der Waals surface area contributed by atoms with E-state index in [0.717, 1.165) is 18.2 Å². The minimum Gasteiger partial charge on any atom is -0.385 e. The van der Waals surface area contributed by atoms with Gasteiger partial charge in [0, 0.05) is 4.47 Å². The molecule has 1 N–H and O–H groups in total. The topological polar surface area (TPSA) is 20.2 Å². The highest BCUT2D eigenvalue weighted by molar-refractivity contribution is 9.10. The van der Waals surface area contributed by atoms with Crippen LogP contribution in [-0.4, -0.2) is 46.8 Å². The van der Waals surface area contributed by atoms with E-state index in [1.807, 2.05) is 0 Å². The number of alkyl halides is 15. The number of hydrogen-bond acceptors (Lipinski definition) is 1. The van der Waals surface area contributed by atoms with Crippen LogP contribution in [0.3, 0.4) is 0 Å². The van der Waals surface area contributed by atoms with Gasteiger partial charge in [0.15, 0.2) is 0 Å². The zero-order chi connectivity index (χ0) is 26.7. The third kappa shape index (κ3) is 4.50. The zero-order valence-electron chi connectivity index (χ0n) is 15.5. The Morgan fingerprint density at radius 1 is 0.667 bits per heavy atom. The minimum absolute atomic E-state index is 0.0150. The maximum atomic E-state index is 14.0. The molecule has 0 fully saturated rings. The second-order valence-corrected chi connectivity index (χ2v) is 7.95. The van der Waals surface area contributed by atoms with Gasteiger partial charge in [-0.2, -0.15) is 65.9 Å². The molecule has 1 aromatic rings. The molecule has 0 saturated carbocycles. The number of benzene rings is 1. The van der Waals surface area contributed by atoms with E-state index in [0.29, 0.717) is 6.92 Å². The predicted octanol–water partition coefficient (Wildman–Crippen LogP) is 7.42. The van der Waals surface area contributed by atoms with Gasteiger partial charge in [0.25, 0.3) is 0 Å². The first-order valence-electron chi connectivity index (χ1n) is 8.03. The van der Waals surface area contributed by atoms with Crippen LogP contribution in [0.2, 0.25) is 0 Å². The summed E-state index contributed by atoms with van der Waals surface area (Å²) in [6.45, 7) is 0.307. The van der Waals surface area contributed by atoms with Gasteiger partial charge in [0.2, 0.25) is 0 Å². The van der Waals surface area contributed by atoms with Crippen molar-refractivity contribution >= 4 is 15.9 Å². The van der Waals surface area contributed by atoms with E-state index in [2.05, 4.69) is 15.9 Å². The van der Waals surface area contributed by atoms with E-state index >= 15 is 0 Å². The molecule has 0 aliphatic carbocycles. The molecule has 1 aromatic carbocycles. The molecule has 1 nitrogen and oxygen atoms in total. The fourth-order valence-corrected chi connectivity index (χ4v) is 2.87. The first kappa shape index (κ1) is 29.6. The second kappa shape index (κ2) is 8.09. The molecule has 0 spiro atoms. The molecule has 0 bridgehead atoms. The van der Waals surface area contributed by atoms with Crippen LogP contribution >= 0.6 is 15.9 Å². The summed E-state index contributed by atoms with van der Waals surface area (Å²) in [4.78, 5) is 0. The van der Waals surface area contributed by atoms with Gasteiger partial charge in [-0.3, -0.25) is 0 Å². The van der Waals surface area contributed by atoms with Gasteiger partial charge in [0.1, 0.15) is 0 Å². The summed E-state index contributed by atoms with van der Waals surface area (Å²) >= 11 is 2.78. The van der Waals surface area contributed by atoms with Gasteiger partial charge in [-0.05, 0) is 24.6 Å². The summed E-state index contributed by atoms with van der Waals surface area (Å²) in [7, 11) is 0. The SMILES string of the molecule is CC(O)(CC(F)(F)C(F)(F)C(F)(F)C(F)(F)C(F)(F)C(F)(F)C(F)(F)F)c1cccc(Br)c1. The Hall–Kier alpha value is -1.39. The molecule has 1 rings (SSSR count). The van der Waals surface area contributed by atoms with Crippen LogP contribution in [-0.2, 0) is 5.60 Å². The van der Waals surface area contributed by atoms with E-state index in [1.165, 1.54) is 6.07 Å². The number of hydrogen-bond donors (Lipinski definition) is 1. The molecule has 0 heterocycles. The van der Waals surface area contributed by atoms with Crippen LogP contribution in [0, 0.1) is 0 Å². The maximum absolute atomic E-state index is 14.0. The average Bonchev–Trinajstić information content (AvgIpc) is 2.59. The van der Waals surface area contributed by atoms with E-state index in [1.54, 1.807) is 0 Å². The Balaban J connectivity index is 3.54. The standard InChI is InChI=1S/C16H10BrF15O/c1-9(33,7-3-2-4-8(17)5-7)6-10(18,19)11(20,21)12(22,23)13(24,25)14(26,27)15(28,29)16(30,31)32/h2-5,33H,6H2,1H3. The Morgan fingerprint density at radius 3 is 1.45 bits per heavy atom. The lowest BCUT2D eigenvalue weighted by Crippen LogP contribution is -2.72. The molecule has 17 heteroatoms. The fraction of sp³-hybridized carbons (Fsp3) is 0.625. The van der Waals surface area contributed by atoms with Crippen LogP contribution in [0.4, 0.5) is 65.9 Å². The Morgan fingerprint density at radius 2 is 1.06 bits per heavy atom. The van der Waals surface area contributed by atoms with Crippen LogP contribution < -0.4 is 0 Å². The third-order valence-electron chi connectivity index (χ3n) is 4.41. The lowest BCUT2D eigenvalue weighted by Gasteiger charge is -2.42. The summed E-state index contributed by atoms with van der Waals surface area (Å²) in [5.74, 6) is -47.1. The number of aliphatic hydroxyl groups is 1. The van der Waals surface area contributed by atoms with Gasteiger partial charge in [0.05, 0.1) is 12.0 Å². The molecular weight excluding hydrogens is 573 g/mol. The summed E-state index contributed by atoms with van der Waals surface area (Å²) < 4.78 is 198. The number of halogens is 16. The van der Waals surface area contributed by atoms with Gasteiger partial charge >= 0.3 is 41.7 Å². The molecule has 1 atom stereocenters. The van der Waals surface area contributed by atoms with E-state index < -0.39 is 59.3 Å². The summed E-state index contributed by atoms with van der Waals surface area (Å²) in [6, 6.07) is 3.80. The van der Waals surface area contributed by atoms with Crippen molar-refractivity contribution in [2.75, 3.05) is 0 Å². The Labute approximate surface area is 182 Å². The minimum atomic E-state index is -8.35. The highest BCUT2D eigenvalue weighted by Crippen LogP contribution is 2.63. The molecule has 192 valence electrons. The summed E-state index contributed by atoms with van der Waals surface area (Å²) in [5.41, 5.74) is -3.93. The van der Waals surface area contributed by atoms with Crippen molar-refractivity contribution in [3.05, 3.63) is 34.3 Å². The molecule has 0 aliphatic heterocycles. The van der Waals surface area contributed by atoms with Gasteiger partial charge in [-0.15, -0.1) is 0 Å². The van der Waals surface area contributed by atoms with E-state index in [4.69, 9.17) is 0 Å². The lowest BCUT2D eigenvalue weighted by atomic mass is 9.84. The van der Waals surface area contributed by atoms with Crippen molar-refractivity contribution in [3.63, 3.8) is 0 Å². The monoisotopic (exact) mass is 582 g/mol. The van der Waals surface area contributed by atoms with Crippen molar-refractivity contribution in [3.8, 4) is 0 Å². The van der Waals surface area contributed by atoms with Crippen molar-refractivity contribution in [1.29, 1.82) is 0 Å². The molecule has 0 saturated heterocycles. The highest BCUT2D eigenvalue weighted by Gasteiger charge is 2.93. The molecule has 0 aromatic heterocycles. The van der Waals surface area contributed by atoms with Crippen LogP contribution in [0.25, 0.3) is 0 Å². The predicted molar refractivity (Wildman–Crippen MR) is 84.1 cm³/mol. The van der Waals surface area contributed by atoms with Crippen molar-refractivity contribution < 1.29 is 71.0 Å². The van der Waals surface area contributed by atoms with Crippen LogP contribution in [0.5, 0.6) is 0 Å². The molecule has 33 heavy (non-hydrogen) atoms. The largest absolute Gasteiger partial charge is 0.460 e. The summed E-state index contributed by atoms with van der Waals surface area (Å²) in [6.07, 6.45) is -10.5. The maximum Gasteiger partial charge on any atom is 0.460 e. The van der Waals surface area contributed by atoms with Crippen molar-refractivity contribution in [1.82, 2.24) is 0 Å². The molecule has 0 amide bonds. The third-order valence-corrected chi connectivity index (χ3v) is 4.90. The normalized spacial score (nSPS) is 17.2. The Bertz CT molecular complexity index is 860. The first-order chi connectivity index (χ1) is 14.2. The summed E-state index contributed by atoms with van der Waals surface area (Å²) in [5, 5.41) is 9.99. The fourth-order valence-electron chi connectivity index (χ4n) is 2.47. The van der Waals surface area contributed by atoms with Crippen molar-refractivity contribution in [2.24, 2.45) is 0 Å². The highest BCUT2D eigenvalue weighted by atomic mass is 79.9. The van der Waals surface area contributed by atoms with Gasteiger partial charge < -0.3 is 5.11 Å². The molecule has 1 unspecified atom stereocenters.